The van der Waals surface area contributed by atoms with Gasteiger partial charge in [0.1, 0.15) is 6.79 Å². The second kappa shape index (κ2) is 2.53. The zero-order valence-electron chi connectivity index (χ0n) is 9.38. The third kappa shape index (κ3) is 0.737. The molecule has 0 aromatic carbocycles. The lowest BCUT2D eigenvalue weighted by molar-refractivity contribution is -0.267. The molecule has 3 aliphatic rings. The molecule has 5 atom stereocenters. The molecule has 3 fully saturated rings. The lowest BCUT2D eigenvalue weighted by Crippen LogP contribution is -2.64. The van der Waals surface area contributed by atoms with Crippen molar-refractivity contribution in [3.05, 3.63) is 0 Å². The van der Waals surface area contributed by atoms with Crippen LogP contribution in [-0.2, 0) is 9.47 Å². The highest BCUT2D eigenvalue weighted by molar-refractivity contribution is 5.34. The molecule has 0 aliphatic heterocycles. The molecule has 0 bridgehead atoms. The Kier molecular flexibility index (Phi) is 1.66. The van der Waals surface area contributed by atoms with Crippen molar-refractivity contribution in [2.24, 2.45) is 23.2 Å². The molecule has 80 valence electrons. The summed E-state index contributed by atoms with van der Waals surface area (Å²) in [5.74, 6) is 2.71. The summed E-state index contributed by atoms with van der Waals surface area (Å²) in [5, 5.41) is 0. The van der Waals surface area contributed by atoms with Crippen LogP contribution < -0.4 is 0 Å². The average Bonchev–Trinajstić information content (AvgIpc) is 2.90. The molecule has 0 aromatic rings. The van der Waals surface area contributed by atoms with Gasteiger partial charge in [-0.1, -0.05) is 13.3 Å². The van der Waals surface area contributed by atoms with E-state index in [1.807, 2.05) is 0 Å². The van der Waals surface area contributed by atoms with E-state index in [-0.39, 0.29) is 5.60 Å². The Labute approximate surface area is 86.0 Å². The van der Waals surface area contributed by atoms with Crippen LogP contribution in [0.25, 0.3) is 0 Å². The first-order valence-electron chi connectivity index (χ1n) is 5.83. The lowest BCUT2D eigenvalue weighted by Gasteiger charge is -2.63. The molecule has 3 aliphatic carbocycles. The van der Waals surface area contributed by atoms with Gasteiger partial charge in [-0.3, -0.25) is 0 Å². The Morgan fingerprint density at radius 1 is 1.36 bits per heavy atom. The van der Waals surface area contributed by atoms with Crippen LogP contribution >= 0.6 is 0 Å². The smallest absolute Gasteiger partial charge is 0.147 e. The van der Waals surface area contributed by atoms with E-state index in [2.05, 4.69) is 13.8 Å². The van der Waals surface area contributed by atoms with Crippen molar-refractivity contribution in [1.82, 2.24) is 0 Å². The Hall–Kier alpha value is -0.0800. The van der Waals surface area contributed by atoms with Gasteiger partial charge >= 0.3 is 0 Å². The molecule has 2 heteroatoms. The maximum absolute atomic E-state index is 5.87. The van der Waals surface area contributed by atoms with Gasteiger partial charge in [0.15, 0.2) is 0 Å². The Morgan fingerprint density at radius 2 is 2.14 bits per heavy atom. The molecule has 14 heavy (non-hydrogen) atoms. The van der Waals surface area contributed by atoms with Crippen molar-refractivity contribution in [1.29, 1.82) is 0 Å². The Morgan fingerprint density at radius 3 is 2.71 bits per heavy atom. The lowest BCUT2D eigenvalue weighted by atomic mass is 9.45. The first-order valence-corrected chi connectivity index (χ1v) is 5.83. The fraction of sp³-hybridized carbons (Fsp3) is 1.00. The molecule has 0 N–H and O–H groups in total. The molecule has 0 aromatic heterocycles. The predicted molar refractivity (Wildman–Crippen MR) is 53.8 cm³/mol. The van der Waals surface area contributed by atoms with Crippen molar-refractivity contribution in [3.63, 3.8) is 0 Å². The SMILES string of the molecule is CCC1CC2C(C)(OCOC)C3CC123. The quantitative estimate of drug-likeness (QED) is 0.643. The zero-order valence-corrected chi connectivity index (χ0v) is 9.38. The van der Waals surface area contributed by atoms with Crippen molar-refractivity contribution in [2.75, 3.05) is 13.9 Å². The second-order valence-corrected chi connectivity index (χ2v) is 5.50. The van der Waals surface area contributed by atoms with Crippen LogP contribution in [-0.4, -0.2) is 19.5 Å². The van der Waals surface area contributed by atoms with E-state index in [1.165, 1.54) is 19.3 Å². The molecule has 0 amide bonds. The maximum Gasteiger partial charge on any atom is 0.147 e. The number of methoxy groups -OCH3 is 1. The van der Waals surface area contributed by atoms with Crippen molar-refractivity contribution in [2.45, 2.75) is 38.7 Å². The van der Waals surface area contributed by atoms with Crippen LogP contribution in [0.15, 0.2) is 0 Å². The Balaban J connectivity index is 1.67. The minimum Gasteiger partial charge on any atom is -0.359 e. The third-order valence-electron chi connectivity index (χ3n) is 5.34. The van der Waals surface area contributed by atoms with E-state index in [4.69, 9.17) is 9.47 Å². The molecular weight excluding hydrogens is 176 g/mol. The number of rotatable bonds is 4. The van der Waals surface area contributed by atoms with Crippen molar-refractivity contribution in [3.8, 4) is 0 Å². The third-order valence-corrected chi connectivity index (χ3v) is 5.34. The van der Waals surface area contributed by atoms with Gasteiger partial charge in [0.2, 0.25) is 0 Å². The van der Waals surface area contributed by atoms with Gasteiger partial charge in [-0.15, -0.1) is 0 Å². The van der Waals surface area contributed by atoms with Gasteiger partial charge < -0.3 is 9.47 Å². The van der Waals surface area contributed by atoms with Gasteiger partial charge in [0.25, 0.3) is 0 Å². The summed E-state index contributed by atoms with van der Waals surface area (Å²) in [7, 11) is 1.71. The molecule has 3 saturated carbocycles. The van der Waals surface area contributed by atoms with E-state index in [0.29, 0.717) is 6.79 Å². The molecule has 2 nitrogen and oxygen atoms in total. The summed E-state index contributed by atoms with van der Waals surface area (Å²) in [6.07, 6.45) is 4.19. The fourth-order valence-electron chi connectivity index (χ4n) is 4.56. The number of ether oxygens (including phenoxy) is 2. The fourth-order valence-corrected chi connectivity index (χ4v) is 4.56. The highest BCUT2D eigenvalue weighted by Crippen LogP contribution is 2.87. The molecule has 0 radical (unpaired) electrons. The van der Waals surface area contributed by atoms with Gasteiger partial charge in [0, 0.05) is 7.11 Å². The molecular formula is C12H20O2. The van der Waals surface area contributed by atoms with Gasteiger partial charge in [-0.05, 0) is 42.9 Å². The monoisotopic (exact) mass is 196 g/mol. The van der Waals surface area contributed by atoms with Crippen LogP contribution in [0.5, 0.6) is 0 Å². The summed E-state index contributed by atoms with van der Waals surface area (Å²) >= 11 is 0. The van der Waals surface area contributed by atoms with Crippen LogP contribution in [0, 0.1) is 23.2 Å². The van der Waals surface area contributed by atoms with Crippen LogP contribution in [0.4, 0.5) is 0 Å². The summed E-state index contributed by atoms with van der Waals surface area (Å²) in [5.41, 5.74) is 0.916. The molecule has 5 unspecified atom stereocenters. The zero-order chi connectivity index (χ0) is 9.97. The van der Waals surface area contributed by atoms with Crippen LogP contribution in [0.1, 0.15) is 33.1 Å². The van der Waals surface area contributed by atoms with E-state index < -0.39 is 0 Å². The van der Waals surface area contributed by atoms with Gasteiger partial charge in [-0.25, -0.2) is 0 Å². The summed E-state index contributed by atoms with van der Waals surface area (Å²) < 4.78 is 10.9. The highest BCUT2D eigenvalue weighted by atomic mass is 16.7. The second-order valence-electron chi connectivity index (χ2n) is 5.50. The standard InChI is InChI=1S/C12H20O2/c1-4-8-5-9-11(2,14-7-13-3)10-6-12(8,9)10/h8-10H,4-7H2,1-3H3. The normalized spacial score (nSPS) is 58.1. The van der Waals surface area contributed by atoms with E-state index in [0.717, 1.165) is 23.2 Å². The first-order chi connectivity index (χ1) is 6.70. The molecule has 0 heterocycles. The van der Waals surface area contributed by atoms with E-state index in [9.17, 15) is 0 Å². The minimum atomic E-state index is 0.168. The molecule has 1 spiro atoms. The van der Waals surface area contributed by atoms with Crippen molar-refractivity contribution >= 4 is 0 Å². The van der Waals surface area contributed by atoms with Crippen molar-refractivity contribution < 1.29 is 9.47 Å². The highest BCUT2D eigenvalue weighted by Gasteiger charge is 2.86. The molecule has 3 rings (SSSR count). The van der Waals surface area contributed by atoms with Crippen LogP contribution in [0.2, 0.25) is 0 Å². The first kappa shape index (κ1) is 9.17. The summed E-state index contributed by atoms with van der Waals surface area (Å²) in [6, 6.07) is 0. The average molecular weight is 196 g/mol. The number of hydrogen-bond donors (Lipinski definition) is 0. The Bertz CT molecular complexity index is 265. The van der Waals surface area contributed by atoms with E-state index >= 15 is 0 Å². The largest absolute Gasteiger partial charge is 0.359 e. The predicted octanol–water partition coefficient (Wildman–Crippen LogP) is 2.43. The van der Waals surface area contributed by atoms with Gasteiger partial charge in [0.05, 0.1) is 5.60 Å². The van der Waals surface area contributed by atoms with Gasteiger partial charge in [-0.2, -0.15) is 0 Å². The topological polar surface area (TPSA) is 18.5 Å². The summed E-state index contributed by atoms with van der Waals surface area (Å²) in [4.78, 5) is 0. The maximum atomic E-state index is 5.87. The van der Waals surface area contributed by atoms with E-state index in [1.54, 1.807) is 7.11 Å². The molecule has 0 saturated heterocycles. The summed E-state index contributed by atoms with van der Waals surface area (Å²) in [6.45, 7) is 5.09. The number of hydrogen-bond acceptors (Lipinski definition) is 2. The minimum absolute atomic E-state index is 0.168. The van der Waals surface area contributed by atoms with Crippen LogP contribution in [0.3, 0.4) is 0 Å².